The summed E-state index contributed by atoms with van der Waals surface area (Å²) in [6.07, 6.45) is 4.36. The fraction of sp³-hybridized carbons (Fsp3) is 0.467. The van der Waals surface area contributed by atoms with Crippen molar-refractivity contribution in [1.82, 2.24) is 5.32 Å². The summed E-state index contributed by atoms with van der Waals surface area (Å²) in [5, 5.41) is 2.54. The number of carbonyl (C=O) groups excluding carboxylic acids is 2. The molecule has 2 amide bonds. The SMILES string of the molecule is NC1(c2ccc(N3CC(=O)NCC3=O)cc2)CCCC1. The highest BCUT2D eigenvalue weighted by Gasteiger charge is 2.31. The highest BCUT2D eigenvalue weighted by molar-refractivity contribution is 6.04. The standard InChI is InChI=1S/C15H19N3O2/c16-15(7-1-2-8-15)11-3-5-12(6-4-11)18-10-13(19)17-9-14(18)20/h3-6H,1-2,7-10,16H2,(H,17,19). The quantitative estimate of drug-likeness (QED) is 0.840. The van der Waals surface area contributed by atoms with E-state index in [-0.39, 0.29) is 30.4 Å². The number of benzene rings is 1. The average molecular weight is 273 g/mol. The van der Waals surface area contributed by atoms with Crippen LogP contribution in [-0.4, -0.2) is 24.9 Å². The number of piperazine rings is 1. The number of amides is 2. The Morgan fingerprint density at radius 1 is 1.10 bits per heavy atom. The molecule has 20 heavy (non-hydrogen) atoms. The van der Waals surface area contributed by atoms with Gasteiger partial charge in [-0.3, -0.25) is 9.59 Å². The fourth-order valence-corrected chi connectivity index (χ4v) is 3.06. The van der Waals surface area contributed by atoms with E-state index in [2.05, 4.69) is 5.32 Å². The molecule has 3 rings (SSSR count). The van der Waals surface area contributed by atoms with Gasteiger partial charge in [-0.15, -0.1) is 0 Å². The molecule has 5 nitrogen and oxygen atoms in total. The number of nitrogens with zero attached hydrogens (tertiary/aromatic N) is 1. The third kappa shape index (κ3) is 2.29. The summed E-state index contributed by atoms with van der Waals surface area (Å²) >= 11 is 0. The van der Waals surface area contributed by atoms with E-state index in [4.69, 9.17) is 5.73 Å². The summed E-state index contributed by atoms with van der Waals surface area (Å²) in [6, 6.07) is 7.75. The van der Waals surface area contributed by atoms with Crippen LogP contribution in [0.15, 0.2) is 24.3 Å². The van der Waals surface area contributed by atoms with Crippen molar-refractivity contribution < 1.29 is 9.59 Å². The Hall–Kier alpha value is -1.88. The number of anilines is 1. The normalized spacial score (nSPS) is 21.9. The zero-order valence-corrected chi connectivity index (χ0v) is 11.4. The minimum absolute atomic E-state index is 0.0708. The van der Waals surface area contributed by atoms with Gasteiger partial charge in [0.25, 0.3) is 0 Å². The maximum Gasteiger partial charge on any atom is 0.246 e. The van der Waals surface area contributed by atoms with Gasteiger partial charge in [0.05, 0.1) is 6.54 Å². The van der Waals surface area contributed by atoms with Gasteiger partial charge in [0.2, 0.25) is 11.8 Å². The molecular formula is C15H19N3O2. The van der Waals surface area contributed by atoms with Crippen molar-refractivity contribution in [2.24, 2.45) is 5.73 Å². The molecule has 3 N–H and O–H groups in total. The number of hydrogen-bond acceptors (Lipinski definition) is 3. The van der Waals surface area contributed by atoms with Gasteiger partial charge >= 0.3 is 0 Å². The lowest BCUT2D eigenvalue weighted by atomic mass is 9.89. The van der Waals surface area contributed by atoms with Crippen LogP contribution in [0.1, 0.15) is 31.2 Å². The van der Waals surface area contributed by atoms with Crippen molar-refractivity contribution in [3.8, 4) is 0 Å². The molecule has 1 saturated carbocycles. The van der Waals surface area contributed by atoms with Crippen LogP contribution >= 0.6 is 0 Å². The topological polar surface area (TPSA) is 75.4 Å². The van der Waals surface area contributed by atoms with Crippen LogP contribution in [-0.2, 0) is 15.1 Å². The first kappa shape index (κ1) is 13.1. The molecule has 0 spiro atoms. The second-order valence-electron chi connectivity index (χ2n) is 5.67. The van der Waals surface area contributed by atoms with Crippen LogP contribution in [0.4, 0.5) is 5.69 Å². The summed E-state index contributed by atoms with van der Waals surface area (Å²) in [6.45, 7) is 0.160. The summed E-state index contributed by atoms with van der Waals surface area (Å²) < 4.78 is 0. The van der Waals surface area contributed by atoms with Crippen LogP contribution in [0.3, 0.4) is 0 Å². The van der Waals surface area contributed by atoms with Gasteiger partial charge in [-0.2, -0.15) is 0 Å². The molecule has 1 aromatic rings. The number of nitrogens with one attached hydrogen (secondary N) is 1. The second-order valence-corrected chi connectivity index (χ2v) is 5.67. The lowest BCUT2D eigenvalue weighted by Gasteiger charge is -2.28. The van der Waals surface area contributed by atoms with Crippen molar-refractivity contribution >= 4 is 17.5 Å². The predicted octanol–water partition coefficient (Wildman–Crippen LogP) is 0.877. The minimum atomic E-state index is -0.220. The first-order chi connectivity index (χ1) is 9.58. The highest BCUT2D eigenvalue weighted by Crippen LogP contribution is 2.36. The van der Waals surface area contributed by atoms with Gasteiger partial charge in [-0.05, 0) is 30.5 Å². The third-order valence-corrected chi connectivity index (χ3v) is 4.29. The molecule has 0 unspecified atom stereocenters. The van der Waals surface area contributed by atoms with Crippen molar-refractivity contribution in [2.45, 2.75) is 31.2 Å². The molecule has 0 aromatic heterocycles. The van der Waals surface area contributed by atoms with E-state index in [9.17, 15) is 9.59 Å². The Kier molecular flexibility index (Phi) is 3.22. The predicted molar refractivity (Wildman–Crippen MR) is 76.1 cm³/mol. The smallest absolute Gasteiger partial charge is 0.246 e. The average Bonchev–Trinajstić information content (AvgIpc) is 2.90. The second kappa shape index (κ2) is 4.90. The molecule has 5 heteroatoms. The van der Waals surface area contributed by atoms with Gasteiger partial charge in [0.1, 0.15) is 6.54 Å². The van der Waals surface area contributed by atoms with Crippen LogP contribution in [0, 0.1) is 0 Å². The zero-order chi connectivity index (χ0) is 14.2. The van der Waals surface area contributed by atoms with Gasteiger partial charge in [-0.1, -0.05) is 25.0 Å². The zero-order valence-electron chi connectivity index (χ0n) is 11.4. The lowest BCUT2D eigenvalue weighted by Crippen LogP contribution is -2.51. The first-order valence-corrected chi connectivity index (χ1v) is 7.05. The maximum absolute atomic E-state index is 11.8. The molecule has 1 aliphatic carbocycles. The summed E-state index contributed by atoms with van der Waals surface area (Å²) in [5.41, 5.74) is 8.07. The van der Waals surface area contributed by atoms with E-state index in [0.29, 0.717) is 0 Å². The molecule has 1 heterocycles. The molecule has 0 bridgehead atoms. The summed E-state index contributed by atoms with van der Waals surface area (Å²) in [5.74, 6) is -0.208. The molecule has 0 atom stereocenters. The third-order valence-electron chi connectivity index (χ3n) is 4.29. The molecule has 106 valence electrons. The summed E-state index contributed by atoms with van der Waals surface area (Å²) in [7, 11) is 0. The molecular weight excluding hydrogens is 254 g/mol. The van der Waals surface area contributed by atoms with Crippen LogP contribution < -0.4 is 16.0 Å². The van der Waals surface area contributed by atoms with E-state index >= 15 is 0 Å². The van der Waals surface area contributed by atoms with E-state index in [1.165, 1.54) is 17.7 Å². The van der Waals surface area contributed by atoms with Gasteiger partial charge in [-0.25, -0.2) is 0 Å². The molecule has 2 fully saturated rings. The number of nitrogens with two attached hydrogens (primary N) is 1. The monoisotopic (exact) mass is 273 g/mol. The van der Waals surface area contributed by atoms with Crippen molar-refractivity contribution in [3.63, 3.8) is 0 Å². The Balaban J connectivity index is 1.82. The van der Waals surface area contributed by atoms with E-state index < -0.39 is 0 Å². The van der Waals surface area contributed by atoms with Crippen LogP contribution in [0.2, 0.25) is 0 Å². The Morgan fingerprint density at radius 3 is 2.40 bits per heavy atom. The molecule has 0 radical (unpaired) electrons. The van der Waals surface area contributed by atoms with Crippen LogP contribution in [0.5, 0.6) is 0 Å². The number of hydrogen-bond donors (Lipinski definition) is 2. The molecule has 1 aromatic carbocycles. The van der Waals surface area contributed by atoms with Crippen LogP contribution in [0.25, 0.3) is 0 Å². The van der Waals surface area contributed by atoms with Gasteiger partial charge in [0.15, 0.2) is 0 Å². The number of carbonyl (C=O) groups is 2. The Bertz CT molecular complexity index is 533. The molecule has 2 aliphatic rings. The van der Waals surface area contributed by atoms with Gasteiger partial charge < -0.3 is 16.0 Å². The van der Waals surface area contributed by atoms with E-state index in [0.717, 1.165) is 24.1 Å². The van der Waals surface area contributed by atoms with E-state index in [1.54, 1.807) is 0 Å². The van der Waals surface area contributed by atoms with Crippen molar-refractivity contribution in [3.05, 3.63) is 29.8 Å². The maximum atomic E-state index is 11.8. The summed E-state index contributed by atoms with van der Waals surface area (Å²) in [4.78, 5) is 24.7. The highest BCUT2D eigenvalue weighted by atomic mass is 16.2. The minimum Gasteiger partial charge on any atom is -0.345 e. The number of rotatable bonds is 2. The van der Waals surface area contributed by atoms with Crippen molar-refractivity contribution in [2.75, 3.05) is 18.0 Å². The largest absolute Gasteiger partial charge is 0.345 e. The Labute approximate surface area is 118 Å². The Morgan fingerprint density at radius 2 is 1.75 bits per heavy atom. The molecule has 1 aliphatic heterocycles. The van der Waals surface area contributed by atoms with E-state index in [1.807, 2.05) is 24.3 Å². The lowest BCUT2D eigenvalue weighted by molar-refractivity contribution is -0.128. The fourth-order valence-electron chi connectivity index (χ4n) is 3.06. The van der Waals surface area contributed by atoms with Gasteiger partial charge in [0, 0.05) is 11.2 Å². The molecule has 1 saturated heterocycles. The van der Waals surface area contributed by atoms with Crippen molar-refractivity contribution in [1.29, 1.82) is 0 Å². The first-order valence-electron chi connectivity index (χ1n) is 7.05.